The molecule has 2 aromatic carbocycles. The Hall–Kier alpha value is -3.29. The van der Waals surface area contributed by atoms with Crippen LogP contribution in [0.1, 0.15) is 48.9 Å². The number of halogens is 4. The highest BCUT2D eigenvalue weighted by molar-refractivity contribution is 5.80. The van der Waals surface area contributed by atoms with Crippen LogP contribution in [0.3, 0.4) is 0 Å². The maximum Gasteiger partial charge on any atom is 0.399 e. The summed E-state index contributed by atoms with van der Waals surface area (Å²) in [4.78, 5) is 12.2. The molecule has 4 nitrogen and oxygen atoms in total. The first-order valence-corrected chi connectivity index (χ1v) is 13.0. The lowest BCUT2D eigenvalue weighted by Crippen LogP contribution is -2.33. The third-order valence-corrected chi connectivity index (χ3v) is 7.74. The average Bonchev–Trinajstić information content (AvgIpc) is 3.46. The molecule has 8 heteroatoms. The smallest absolute Gasteiger partial charge is 0.399 e. The number of aryl methyl sites for hydroxylation is 1. The number of carbonyl (C=O) groups is 1. The molecule has 0 bridgehead atoms. The average molecular weight is 531 g/mol. The molecule has 5 atom stereocenters. The normalized spacial score (nSPS) is 25.3. The van der Waals surface area contributed by atoms with Crippen LogP contribution in [0.25, 0.3) is 0 Å². The Balaban J connectivity index is 1.31. The molecule has 0 amide bonds. The third kappa shape index (κ3) is 4.93. The molecule has 2 aromatic rings. The van der Waals surface area contributed by atoms with Gasteiger partial charge in [-0.2, -0.15) is 13.2 Å². The zero-order valence-electron chi connectivity index (χ0n) is 21.5. The Morgan fingerprint density at radius 1 is 1.11 bits per heavy atom. The number of alkyl halides is 3. The molecule has 1 fully saturated rings. The van der Waals surface area contributed by atoms with Crippen LogP contribution in [0.15, 0.2) is 54.3 Å². The molecule has 202 valence electrons. The van der Waals surface area contributed by atoms with Gasteiger partial charge in [-0.05, 0) is 78.6 Å². The third-order valence-electron chi connectivity index (χ3n) is 7.74. The van der Waals surface area contributed by atoms with E-state index < -0.39 is 23.8 Å². The van der Waals surface area contributed by atoms with Crippen molar-refractivity contribution in [1.82, 2.24) is 0 Å². The van der Waals surface area contributed by atoms with Gasteiger partial charge in [0.1, 0.15) is 35.6 Å². The molecule has 0 heterocycles. The van der Waals surface area contributed by atoms with E-state index in [9.17, 15) is 22.4 Å². The van der Waals surface area contributed by atoms with Gasteiger partial charge in [0.05, 0.1) is 12.5 Å². The Bertz CT molecular complexity index is 1300. The summed E-state index contributed by atoms with van der Waals surface area (Å²) >= 11 is 0. The van der Waals surface area contributed by atoms with Crippen molar-refractivity contribution in [2.45, 2.75) is 52.3 Å². The van der Waals surface area contributed by atoms with Crippen LogP contribution < -0.4 is 9.47 Å². The minimum absolute atomic E-state index is 0.0783. The molecule has 5 rings (SSSR count). The van der Waals surface area contributed by atoms with Gasteiger partial charge in [-0.25, -0.2) is 4.39 Å². The lowest BCUT2D eigenvalue weighted by molar-refractivity contribution is -0.178. The van der Waals surface area contributed by atoms with E-state index >= 15 is 0 Å². The van der Waals surface area contributed by atoms with E-state index in [0.29, 0.717) is 18.8 Å². The molecule has 1 saturated carbocycles. The number of fused-ring (bicyclic) bond motifs is 3. The summed E-state index contributed by atoms with van der Waals surface area (Å²) < 4.78 is 72.4. The maximum atomic E-state index is 14.6. The molecule has 3 aliphatic rings. The van der Waals surface area contributed by atoms with E-state index in [1.165, 1.54) is 43.4 Å². The number of hydrogen-bond acceptors (Lipinski definition) is 4. The molecule has 5 unspecified atom stereocenters. The van der Waals surface area contributed by atoms with E-state index in [1.54, 1.807) is 6.92 Å². The van der Waals surface area contributed by atoms with Crippen LogP contribution in [0.2, 0.25) is 0 Å². The van der Waals surface area contributed by atoms with Gasteiger partial charge >= 0.3 is 12.1 Å². The number of esters is 1. The van der Waals surface area contributed by atoms with Crippen molar-refractivity contribution in [3.8, 4) is 11.5 Å². The van der Waals surface area contributed by atoms with Crippen molar-refractivity contribution in [2.24, 2.45) is 23.7 Å². The molecular weight excluding hydrogens is 500 g/mol. The second kappa shape index (κ2) is 10.1. The summed E-state index contributed by atoms with van der Waals surface area (Å²) in [5.41, 5.74) is 3.41. The molecule has 0 aromatic heterocycles. The number of rotatable bonds is 8. The fourth-order valence-electron chi connectivity index (χ4n) is 5.82. The highest BCUT2D eigenvalue weighted by Gasteiger charge is 2.60. The zero-order valence-corrected chi connectivity index (χ0v) is 21.5. The first-order chi connectivity index (χ1) is 18.1. The SMILES string of the molecule is CCOC(=O)C1C2Cc3cc(OCc4cc(OC5=CC=CC(C)C5C(F)(F)F)ccc4F)c(CC)cc3C21. The van der Waals surface area contributed by atoms with E-state index in [0.717, 1.165) is 23.1 Å². The van der Waals surface area contributed by atoms with Crippen molar-refractivity contribution in [3.05, 3.63) is 82.4 Å². The van der Waals surface area contributed by atoms with Gasteiger partial charge < -0.3 is 14.2 Å². The van der Waals surface area contributed by atoms with Crippen LogP contribution in [-0.4, -0.2) is 18.8 Å². The molecule has 0 aliphatic heterocycles. The summed E-state index contributed by atoms with van der Waals surface area (Å²) in [6.45, 7) is 5.55. The highest BCUT2D eigenvalue weighted by atomic mass is 19.4. The van der Waals surface area contributed by atoms with E-state index in [2.05, 4.69) is 6.07 Å². The van der Waals surface area contributed by atoms with Gasteiger partial charge in [0.2, 0.25) is 0 Å². The van der Waals surface area contributed by atoms with Gasteiger partial charge in [-0.3, -0.25) is 4.79 Å². The fourth-order valence-corrected chi connectivity index (χ4v) is 5.82. The van der Waals surface area contributed by atoms with Gasteiger partial charge in [0.15, 0.2) is 0 Å². The van der Waals surface area contributed by atoms with Gasteiger partial charge in [-0.15, -0.1) is 0 Å². The minimum atomic E-state index is -4.47. The molecule has 38 heavy (non-hydrogen) atoms. The standard InChI is InChI=1S/C30H30F4O4/c1-4-17-12-21-18(13-22-26(21)27(22)29(35)36-5-2)14-25(17)37-15-19-11-20(9-10-23(19)31)38-24-8-6-7-16(3)28(24)30(32,33)34/h6-12,14,16,22,26-28H,4-5,13,15H2,1-3H3. The van der Waals surface area contributed by atoms with E-state index in [1.807, 2.05) is 13.0 Å². The summed E-state index contributed by atoms with van der Waals surface area (Å²) in [5.74, 6) is -2.34. The molecule has 3 aliphatic carbocycles. The van der Waals surface area contributed by atoms with Gasteiger partial charge in [0.25, 0.3) is 0 Å². The number of hydrogen-bond donors (Lipinski definition) is 0. The first-order valence-electron chi connectivity index (χ1n) is 13.0. The Morgan fingerprint density at radius 2 is 1.89 bits per heavy atom. The van der Waals surface area contributed by atoms with Crippen LogP contribution in [-0.2, 0) is 29.0 Å². The molecule has 0 N–H and O–H groups in total. The lowest BCUT2D eigenvalue weighted by atomic mass is 9.87. The molecule has 0 saturated heterocycles. The monoisotopic (exact) mass is 530 g/mol. The molecule has 0 radical (unpaired) electrons. The first kappa shape index (κ1) is 26.3. The fraction of sp³-hybridized carbons (Fsp3) is 0.433. The van der Waals surface area contributed by atoms with E-state index in [4.69, 9.17) is 14.2 Å². The van der Waals surface area contributed by atoms with Crippen molar-refractivity contribution in [2.75, 3.05) is 6.61 Å². The second-order valence-electron chi connectivity index (χ2n) is 10.2. The maximum absolute atomic E-state index is 14.6. The number of benzene rings is 2. The number of ether oxygens (including phenoxy) is 3. The molecule has 0 spiro atoms. The Morgan fingerprint density at radius 3 is 2.61 bits per heavy atom. The van der Waals surface area contributed by atoms with E-state index in [-0.39, 0.29) is 47.4 Å². The predicted molar refractivity (Wildman–Crippen MR) is 133 cm³/mol. The van der Waals surface area contributed by atoms with Crippen molar-refractivity contribution in [1.29, 1.82) is 0 Å². The molecular formula is C30H30F4O4. The van der Waals surface area contributed by atoms with Crippen LogP contribution in [0.4, 0.5) is 17.6 Å². The number of carbonyl (C=O) groups excluding carboxylic acids is 1. The van der Waals surface area contributed by atoms with Crippen molar-refractivity contribution < 1.29 is 36.6 Å². The number of allylic oxidation sites excluding steroid dienone is 4. The van der Waals surface area contributed by atoms with Crippen LogP contribution in [0.5, 0.6) is 11.5 Å². The highest BCUT2D eigenvalue weighted by Crippen LogP contribution is 2.62. The topological polar surface area (TPSA) is 44.8 Å². The quantitative estimate of drug-likeness (QED) is 0.271. The van der Waals surface area contributed by atoms with Crippen LogP contribution in [0, 0.1) is 29.5 Å². The van der Waals surface area contributed by atoms with Crippen LogP contribution >= 0.6 is 0 Å². The van der Waals surface area contributed by atoms with Gasteiger partial charge in [0, 0.05) is 11.5 Å². The lowest BCUT2D eigenvalue weighted by Gasteiger charge is -2.28. The van der Waals surface area contributed by atoms with Crippen molar-refractivity contribution in [3.63, 3.8) is 0 Å². The second-order valence-corrected chi connectivity index (χ2v) is 10.2. The summed E-state index contributed by atoms with van der Waals surface area (Å²) in [6, 6.07) is 7.91. The Kier molecular flexibility index (Phi) is 7.01. The Labute approximate surface area is 219 Å². The summed E-state index contributed by atoms with van der Waals surface area (Å²) in [7, 11) is 0. The van der Waals surface area contributed by atoms with Gasteiger partial charge in [-0.1, -0.05) is 32.1 Å². The summed E-state index contributed by atoms with van der Waals surface area (Å²) in [6.07, 6.45) is 1.31. The van der Waals surface area contributed by atoms with Crippen molar-refractivity contribution >= 4 is 5.97 Å². The largest absolute Gasteiger partial charge is 0.489 e. The summed E-state index contributed by atoms with van der Waals surface area (Å²) in [5, 5.41) is 0. The minimum Gasteiger partial charge on any atom is -0.489 e. The predicted octanol–water partition coefficient (Wildman–Crippen LogP) is 7.06. The zero-order chi connectivity index (χ0) is 27.2.